The van der Waals surface area contributed by atoms with Crippen molar-refractivity contribution in [3.63, 3.8) is 0 Å². The number of aryl methyl sites for hydroxylation is 2. The van der Waals surface area contributed by atoms with E-state index in [9.17, 15) is 9.59 Å². The van der Waals surface area contributed by atoms with Gasteiger partial charge in [0.2, 0.25) is 0 Å². The van der Waals surface area contributed by atoms with Gasteiger partial charge in [0.05, 0.1) is 4.88 Å². The summed E-state index contributed by atoms with van der Waals surface area (Å²) in [5, 5.41) is 9.09. The maximum atomic E-state index is 12.7. The third kappa shape index (κ3) is 3.83. The molecular formula is C15H21NO4S. The Morgan fingerprint density at radius 2 is 2.10 bits per heavy atom. The number of carbonyl (C=O) groups is 2. The van der Waals surface area contributed by atoms with Gasteiger partial charge in [0.15, 0.2) is 0 Å². The summed E-state index contributed by atoms with van der Waals surface area (Å²) in [6.07, 6.45) is 2.28. The molecule has 0 radical (unpaired) electrons. The van der Waals surface area contributed by atoms with Crippen molar-refractivity contribution in [2.24, 2.45) is 0 Å². The van der Waals surface area contributed by atoms with Crippen LogP contribution in [-0.4, -0.2) is 47.7 Å². The first-order chi connectivity index (χ1) is 10.0. The number of carboxylic acids is 1. The first kappa shape index (κ1) is 16.0. The van der Waals surface area contributed by atoms with Crippen LogP contribution in [0.3, 0.4) is 0 Å². The molecular weight excluding hydrogens is 290 g/mol. The predicted octanol–water partition coefficient (Wildman–Crippen LogP) is 2.32. The molecule has 0 unspecified atom stereocenters. The third-order valence-corrected chi connectivity index (χ3v) is 4.89. The van der Waals surface area contributed by atoms with Gasteiger partial charge >= 0.3 is 5.97 Å². The van der Waals surface area contributed by atoms with Crippen LogP contribution in [0.4, 0.5) is 0 Å². The molecule has 0 bridgehead atoms. The Kier molecular flexibility index (Phi) is 5.36. The molecule has 6 heteroatoms. The first-order valence-electron chi connectivity index (χ1n) is 7.22. The molecule has 2 heterocycles. The maximum Gasteiger partial charge on any atom is 0.323 e. The van der Waals surface area contributed by atoms with Crippen LogP contribution < -0.4 is 0 Å². The van der Waals surface area contributed by atoms with E-state index in [1.54, 1.807) is 0 Å². The summed E-state index contributed by atoms with van der Waals surface area (Å²) in [6.45, 7) is 4.96. The molecule has 0 atom stereocenters. The Hall–Kier alpha value is -1.40. The van der Waals surface area contributed by atoms with E-state index in [-0.39, 0.29) is 18.5 Å². The number of carbonyl (C=O) groups excluding carboxylic acids is 1. The highest BCUT2D eigenvalue weighted by molar-refractivity contribution is 7.14. The topological polar surface area (TPSA) is 66.8 Å². The Morgan fingerprint density at radius 1 is 1.43 bits per heavy atom. The number of nitrogens with zero attached hydrogens (tertiary/aromatic N) is 1. The SMILES string of the molecule is CCc1cc(C(=O)N(CC(=O)O)C2CCOCC2)sc1C. The van der Waals surface area contributed by atoms with Crippen molar-refractivity contribution < 1.29 is 19.4 Å². The average molecular weight is 311 g/mol. The molecule has 0 spiro atoms. The highest BCUT2D eigenvalue weighted by Crippen LogP contribution is 2.25. The van der Waals surface area contributed by atoms with Crippen molar-refractivity contribution in [1.29, 1.82) is 0 Å². The zero-order valence-electron chi connectivity index (χ0n) is 12.4. The monoisotopic (exact) mass is 311 g/mol. The number of aliphatic carboxylic acids is 1. The number of hydrogen-bond acceptors (Lipinski definition) is 4. The third-order valence-electron chi connectivity index (χ3n) is 3.81. The summed E-state index contributed by atoms with van der Waals surface area (Å²) in [6, 6.07) is 1.85. The van der Waals surface area contributed by atoms with Crippen LogP contribution >= 0.6 is 11.3 Å². The van der Waals surface area contributed by atoms with Crippen molar-refractivity contribution in [1.82, 2.24) is 4.90 Å². The number of ether oxygens (including phenoxy) is 1. The Balaban J connectivity index is 2.21. The molecule has 1 aromatic rings. The summed E-state index contributed by atoms with van der Waals surface area (Å²) in [5.41, 5.74) is 1.16. The van der Waals surface area contributed by atoms with Gasteiger partial charge in [-0.1, -0.05) is 6.92 Å². The van der Waals surface area contributed by atoms with E-state index in [1.807, 2.05) is 13.0 Å². The largest absolute Gasteiger partial charge is 0.480 e. The van der Waals surface area contributed by atoms with Crippen molar-refractivity contribution >= 4 is 23.2 Å². The van der Waals surface area contributed by atoms with Gasteiger partial charge in [-0.2, -0.15) is 0 Å². The summed E-state index contributed by atoms with van der Waals surface area (Å²) in [5.74, 6) is -1.14. The lowest BCUT2D eigenvalue weighted by Gasteiger charge is -2.32. The van der Waals surface area contributed by atoms with Crippen LogP contribution in [0.5, 0.6) is 0 Å². The summed E-state index contributed by atoms with van der Waals surface area (Å²) < 4.78 is 5.30. The second-order valence-electron chi connectivity index (χ2n) is 5.22. The predicted molar refractivity (Wildman–Crippen MR) is 80.9 cm³/mol. The highest BCUT2D eigenvalue weighted by atomic mass is 32.1. The molecule has 0 aliphatic carbocycles. The quantitative estimate of drug-likeness (QED) is 0.906. The molecule has 1 N–H and O–H groups in total. The van der Waals surface area contributed by atoms with E-state index < -0.39 is 5.97 Å². The Labute approximate surface area is 128 Å². The van der Waals surface area contributed by atoms with Crippen LogP contribution in [0, 0.1) is 6.92 Å². The van der Waals surface area contributed by atoms with Crippen LogP contribution in [0.15, 0.2) is 6.07 Å². The molecule has 1 aromatic heterocycles. The van der Waals surface area contributed by atoms with E-state index in [0.29, 0.717) is 30.9 Å². The van der Waals surface area contributed by atoms with Gasteiger partial charge in [-0.15, -0.1) is 11.3 Å². The maximum absolute atomic E-state index is 12.7. The van der Waals surface area contributed by atoms with Crippen molar-refractivity contribution in [3.8, 4) is 0 Å². The van der Waals surface area contributed by atoms with E-state index in [1.165, 1.54) is 16.2 Å². The first-order valence-corrected chi connectivity index (χ1v) is 8.04. The van der Waals surface area contributed by atoms with Crippen LogP contribution in [0.2, 0.25) is 0 Å². The van der Waals surface area contributed by atoms with Gasteiger partial charge in [-0.05, 0) is 37.8 Å². The smallest absolute Gasteiger partial charge is 0.323 e. The second kappa shape index (κ2) is 7.04. The summed E-state index contributed by atoms with van der Waals surface area (Å²) in [7, 11) is 0. The zero-order chi connectivity index (χ0) is 15.4. The van der Waals surface area contributed by atoms with Gasteiger partial charge in [0, 0.05) is 24.1 Å². The molecule has 1 aliphatic heterocycles. The number of rotatable bonds is 5. The highest BCUT2D eigenvalue weighted by Gasteiger charge is 2.29. The summed E-state index contributed by atoms with van der Waals surface area (Å²) >= 11 is 1.45. The van der Waals surface area contributed by atoms with Gasteiger partial charge < -0.3 is 14.7 Å². The average Bonchev–Trinajstić information content (AvgIpc) is 2.86. The number of thiophene rings is 1. The molecule has 5 nitrogen and oxygen atoms in total. The van der Waals surface area contributed by atoms with Gasteiger partial charge in [-0.3, -0.25) is 9.59 Å². The van der Waals surface area contributed by atoms with Crippen LogP contribution in [0.1, 0.15) is 39.9 Å². The van der Waals surface area contributed by atoms with E-state index in [4.69, 9.17) is 9.84 Å². The van der Waals surface area contributed by atoms with Gasteiger partial charge in [-0.25, -0.2) is 0 Å². The van der Waals surface area contributed by atoms with Gasteiger partial charge in [0.25, 0.3) is 5.91 Å². The molecule has 1 saturated heterocycles. The zero-order valence-corrected chi connectivity index (χ0v) is 13.2. The second-order valence-corrected chi connectivity index (χ2v) is 6.47. The number of carboxylic acid groups (broad SMARTS) is 1. The molecule has 116 valence electrons. The summed E-state index contributed by atoms with van der Waals surface area (Å²) in [4.78, 5) is 27.0. The normalized spacial score (nSPS) is 15.9. The van der Waals surface area contributed by atoms with Crippen molar-refractivity contribution in [2.45, 2.75) is 39.2 Å². The lowest BCUT2D eigenvalue weighted by molar-refractivity contribution is -0.138. The minimum absolute atomic E-state index is 0.0465. The lowest BCUT2D eigenvalue weighted by atomic mass is 10.1. The van der Waals surface area contributed by atoms with Crippen LogP contribution in [-0.2, 0) is 16.0 Å². The molecule has 0 saturated carbocycles. The van der Waals surface area contributed by atoms with Crippen LogP contribution in [0.25, 0.3) is 0 Å². The number of hydrogen-bond donors (Lipinski definition) is 1. The molecule has 1 amide bonds. The minimum Gasteiger partial charge on any atom is -0.480 e. The van der Waals surface area contributed by atoms with E-state index in [2.05, 4.69) is 6.92 Å². The fraction of sp³-hybridized carbons (Fsp3) is 0.600. The Morgan fingerprint density at radius 3 is 2.62 bits per heavy atom. The molecule has 1 fully saturated rings. The van der Waals surface area contributed by atoms with Crippen molar-refractivity contribution in [2.75, 3.05) is 19.8 Å². The fourth-order valence-electron chi connectivity index (χ4n) is 2.63. The molecule has 0 aromatic carbocycles. The van der Waals surface area contributed by atoms with Crippen molar-refractivity contribution in [3.05, 3.63) is 21.4 Å². The molecule has 1 aliphatic rings. The van der Waals surface area contributed by atoms with E-state index in [0.717, 1.165) is 16.9 Å². The minimum atomic E-state index is -0.973. The number of amides is 1. The molecule has 2 rings (SSSR count). The van der Waals surface area contributed by atoms with E-state index >= 15 is 0 Å². The standard InChI is InChI=1S/C15H21NO4S/c1-3-11-8-13(21-10(11)2)15(19)16(9-14(17)18)12-4-6-20-7-5-12/h8,12H,3-7,9H2,1-2H3,(H,17,18). The fourth-order valence-corrected chi connectivity index (χ4v) is 3.70. The molecule has 21 heavy (non-hydrogen) atoms. The Bertz CT molecular complexity index is 520. The lowest BCUT2D eigenvalue weighted by Crippen LogP contribution is -2.45. The van der Waals surface area contributed by atoms with Gasteiger partial charge in [0.1, 0.15) is 6.54 Å².